The second kappa shape index (κ2) is 9.86. The Labute approximate surface area is 154 Å². The summed E-state index contributed by atoms with van der Waals surface area (Å²) in [5.41, 5.74) is 1.82. The van der Waals surface area contributed by atoms with Crippen LogP contribution >= 0.6 is 48.0 Å². The van der Waals surface area contributed by atoms with Gasteiger partial charge in [0, 0.05) is 42.8 Å². The van der Waals surface area contributed by atoms with Gasteiger partial charge in [-0.1, -0.05) is 28.8 Å². The predicted molar refractivity (Wildman–Crippen MR) is 99.2 cm³/mol. The van der Waals surface area contributed by atoms with E-state index in [4.69, 9.17) is 23.2 Å². The second-order valence-corrected chi connectivity index (χ2v) is 6.13. The van der Waals surface area contributed by atoms with E-state index in [0.717, 1.165) is 43.7 Å². The highest BCUT2D eigenvalue weighted by molar-refractivity contribution is 6.35. The van der Waals surface area contributed by atoms with Gasteiger partial charge in [0.2, 0.25) is 0 Å². The number of hydrogen-bond acceptors (Lipinski definition) is 3. The van der Waals surface area contributed by atoms with Crippen molar-refractivity contribution in [3.8, 4) is 5.75 Å². The first-order valence-electron chi connectivity index (χ1n) is 6.76. The van der Waals surface area contributed by atoms with Crippen molar-refractivity contribution in [1.29, 1.82) is 0 Å². The maximum atomic E-state index is 10.2. The molecule has 1 aromatic carbocycles. The Morgan fingerprint density at radius 3 is 2.41 bits per heavy atom. The van der Waals surface area contributed by atoms with Gasteiger partial charge < -0.3 is 10.4 Å². The zero-order valence-corrected chi connectivity index (χ0v) is 15.6. The minimum absolute atomic E-state index is 0. The van der Waals surface area contributed by atoms with Gasteiger partial charge in [0.05, 0.1) is 5.02 Å². The number of benzene rings is 1. The number of phenols is 1. The van der Waals surface area contributed by atoms with Gasteiger partial charge in [-0.15, -0.1) is 31.4 Å². The van der Waals surface area contributed by atoms with E-state index in [2.05, 4.69) is 16.8 Å². The predicted octanol–water partition coefficient (Wildman–Crippen LogP) is 4.46. The smallest absolute Gasteiger partial charge is 0.123 e. The van der Waals surface area contributed by atoms with E-state index in [0.29, 0.717) is 10.0 Å². The molecule has 1 fully saturated rings. The Balaban J connectivity index is 0.00000220. The number of phenolic OH excluding ortho intramolecular Hbond substituents is 1. The SMILES string of the molecule is C=C(C)C[C@H](c1c(O)cc(Cl)cc1Cl)N1CCNCC1.Cl.Cl. The molecule has 1 aliphatic rings. The van der Waals surface area contributed by atoms with E-state index < -0.39 is 0 Å². The quantitative estimate of drug-likeness (QED) is 0.748. The molecular formula is C15H22Cl4N2O. The zero-order valence-electron chi connectivity index (χ0n) is 12.4. The first-order chi connectivity index (χ1) is 9.49. The molecule has 0 aliphatic carbocycles. The summed E-state index contributed by atoms with van der Waals surface area (Å²) < 4.78 is 0. The zero-order chi connectivity index (χ0) is 14.7. The molecule has 22 heavy (non-hydrogen) atoms. The fourth-order valence-electron chi connectivity index (χ4n) is 2.64. The van der Waals surface area contributed by atoms with Crippen LogP contribution in [0.3, 0.4) is 0 Å². The molecule has 1 atom stereocenters. The van der Waals surface area contributed by atoms with Crippen LogP contribution in [0, 0.1) is 0 Å². The summed E-state index contributed by atoms with van der Waals surface area (Å²) in [4.78, 5) is 2.33. The second-order valence-electron chi connectivity index (χ2n) is 5.28. The van der Waals surface area contributed by atoms with Gasteiger partial charge in [-0.25, -0.2) is 0 Å². The van der Waals surface area contributed by atoms with Gasteiger partial charge >= 0.3 is 0 Å². The molecule has 7 heteroatoms. The summed E-state index contributed by atoms with van der Waals surface area (Å²) in [5, 5.41) is 14.5. The van der Waals surface area contributed by atoms with Crippen molar-refractivity contribution in [3.05, 3.63) is 39.9 Å². The lowest BCUT2D eigenvalue weighted by Crippen LogP contribution is -2.45. The summed E-state index contributed by atoms with van der Waals surface area (Å²) in [6.07, 6.45) is 0.773. The van der Waals surface area contributed by atoms with E-state index in [1.807, 2.05) is 6.92 Å². The van der Waals surface area contributed by atoms with Gasteiger partial charge in [-0.2, -0.15) is 0 Å². The fourth-order valence-corrected chi connectivity index (χ4v) is 3.25. The highest BCUT2D eigenvalue weighted by atomic mass is 35.5. The van der Waals surface area contributed by atoms with Gasteiger partial charge in [0.15, 0.2) is 0 Å². The molecule has 1 aromatic rings. The highest BCUT2D eigenvalue weighted by Gasteiger charge is 2.26. The summed E-state index contributed by atoms with van der Waals surface area (Å²) >= 11 is 12.2. The van der Waals surface area contributed by atoms with Crippen LogP contribution in [0.25, 0.3) is 0 Å². The number of nitrogens with one attached hydrogen (secondary N) is 1. The average Bonchev–Trinajstić information content (AvgIpc) is 2.37. The summed E-state index contributed by atoms with van der Waals surface area (Å²) in [6, 6.07) is 3.28. The summed E-state index contributed by atoms with van der Waals surface area (Å²) in [7, 11) is 0. The number of nitrogens with zero attached hydrogens (tertiary/aromatic N) is 1. The van der Waals surface area contributed by atoms with Gasteiger partial charge in [-0.3, -0.25) is 4.90 Å². The molecular weight excluding hydrogens is 366 g/mol. The number of aromatic hydroxyl groups is 1. The molecule has 0 saturated carbocycles. The number of hydrogen-bond donors (Lipinski definition) is 2. The van der Waals surface area contributed by atoms with Crippen LogP contribution in [0.5, 0.6) is 5.75 Å². The maximum absolute atomic E-state index is 10.2. The third-order valence-corrected chi connectivity index (χ3v) is 4.07. The first-order valence-corrected chi connectivity index (χ1v) is 7.51. The van der Waals surface area contributed by atoms with Crippen molar-refractivity contribution >= 4 is 48.0 Å². The van der Waals surface area contributed by atoms with Crippen LogP contribution in [0.1, 0.15) is 24.9 Å². The van der Waals surface area contributed by atoms with Crippen LogP contribution in [-0.2, 0) is 0 Å². The fraction of sp³-hybridized carbons (Fsp3) is 0.467. The molecule has 1 heterocycles. The summed E-state index contributed by atoms with van der Waals surface area (Å²) in [5.74, 6) is 0.160. The highest BCUT2D eigenvalue weighted by Crippen LogP contribution is 2.40. The standard InChI is InChI=1S/C15H20Cl2N2O.2ClH/c1-10(2)7-13(19-5-3-18-4-6-19)15-12(17)8-11(16)9-14(15)20;;/h8-9,13,18,20H,1,3-7H2,2H3;2*1H/t13-;;/m1../s1. The van der Waals surface area contributed by atoms with E-state index >= 15 is 0 Å². The summed E-state index contributed by atoms with van der Waals surface area (Å²) in [6.45, 7) is 9.74. The topological polar surface area (TPSA) is 35.5 Å². The Morgan fingerprint density at radius 2 is 1.91 bits per heavy atom. The lowest BCUT2D eigenvalue weighted by molar-refractivity contribution is 0.170. The molecule has 2 rings (SSSR count). The lowest BCUT2D eigenvalue weighted by Gasteiger charge is -2.36. The molecule has 0 amide bonds. The maximum Gasteiger partial charge on any atom is 0.123 e. The van der Waals surface area contributed by atoms with Crippen LogP contribution < -0.4 is 5.32 Å². The van der Waals surface area contributed by atoms with Crippen LogP contribution in [0.2, 0.25) is 10.0 Å². The van der Waals surface area contributed by atoms with E-state index in [1.165, 1.54) is 0 Å². The Morgan fingerprint density at radius 1 is 1.32 bits per heavy atom. The number of rotatable bonds is 4. The van der Waals surface area contributed by atoms with Crippen LogP contribution in [0.15, 0.2) is 24.3 Å². The molecule has 0 bridgehead atoms. The first kappa shape index (κ1) is 21.8. The molecule has 126 valence electrons. The normalized spacial score (nSPS) is 16.3. The van der Waals surface area contributed by atoms with E-state index in [1.54, 1.807) is 12.1 Å². The third kappa shape index (κ3) is 5.48. The minimum atomic E-state index is 0. The van der Waals surface area contributed by atoms with Gasteiger partial charge in [0.25, 0.3) is 0 Å². The molecule has 3 nitrogen and oxygen atoms in total. The number of piperazine rings is 1. The van der Waals surface area contributed by atoms with Crippen molar-refractivity contribution in [2.75, 3.05) is 26.2 Å². The van der Waals surface area contributed by atoms with Crippen LogP contribution in [0.4, 0.5) is 0 Å². The van der Waals surface area contributed by atoms with Crippen molar-refractivity contribution in [3.63, 3.8) is 0 Å². The number of halogens is 4. The monoisotopic (exact) mass is 386 g/mol. The molecule has 2 N–H and O–H groups in total. The van der Waals surface area contributed by atoms with E-state index in [-0.39, 0.29) is 36.6 Å². The van der Waals surface area contributed by atoms with Crippen LogP contribution in [-0.4, -0.2) is 36.2 Å². The van der Waals surface area contributed by atoms with Crippen molar-refractivity contribution < 1.29 is 5.11 Å². The van der Waals surface area contributed by atoms with Gasteiger partial charge in [-0.05, 0) is 25.5 Å². The molecule has 1 aliphatic heterocycles. The molecule has 0 radical (unpaired) electrons. The lowest BCUT2D eigenvalue weighted by atomic mass is 9.97. The third-order valence-electron chi connectivity index (χ3n) is 3.54. The van der Waals surface area contributed by atoms with Crippen molar-refractivity contribution in [2.24, 2.45) is 0 Å². The average molecular weight is 388 g/mol. The minimum Gasteiger partial charge on any atom is -0.508 e. The molecule has 0 spiro atoms. The van der Waals surface area contributed by atoms with Crippen molar-refractivity contribution in [1.82, 2.24) is 10.2 Å². The Bertz CT molecular complexity index is 481. The Hall–Kier alpha value is -0.160. The molecule has 0 aromatic heterocycles. The largest absolute Gasteiger partial charge is 0.508 e. The Kier molecular flexibility index (Phi) is 9.79. The van der Waals surface area contributed by atoms with Gasteiger partial charge in [0.1, 0.15) is 5.75 Å². The molecule has 0 unspecified atom stereocenters. The van der Waals surface area contributed by atoms with E-state index in [9.17, 15) is 5.11 Å². The van der Waals surface area contributed by atoms with Crippen molar-refractivity contribution in [2.45, 2.75) is 19.4 Å². The molecule has 1 saturated heterocycles.